The van der Waals surface area contributed by atoms with Gasteiger partial charge in [-0.15, -0.1) is 0 Å². The van der Waals surface area contributed by atoms with Gasteiger partial charge in [0.05, 0.1) is 19.0 Å². The number of nitrogens with zero attached hydrogens (tertiary/aromatic N) is 5. The lowest BCUT2D eigenvalue weighted by molar-refractivity contribution is 0.0818. The quantitative estimate of drug-likeness (QED) is 0.523. The van der Waals surface area contributed by atoms with Crippen molar-refractivity contribution in [3.05, 3.63) is 35.4 Å². The fourth-order valence-electron chi connectivity index (χ4n) is 2.16. The average Bonchev–Trinajstić information content (AvgIpc) is 3.16. The minimum absolute atomic E-state index is 0.0113. The van der Waals surface area contributed by atoms with E-state index in [4.69, 9.17) is 10.5 Å². The standard InChI is InChI=1S/C12H16N7O4P/c1-8(23-7-24(21,22)19-3-2-14-5-19)4-18-6-15-9-10(18)16-12(13)17-11(9)20/h2-3,5-6,8H,4,7H2,1H3,(H,21,22)(H3,13,16,17,20)/t8-/m1/s1. The highest BCUT2D eigenvalue weighted by Gasteiger charge is 2.22. The average molecular weight is 353 g/mol. The van der Waals surface area contributed by atoms with E-state index in [0.29, 0.717) is 5.65 Å². The summed E-state index contributed by atoms with van der Waals surface area (Å²) in [5, 5.41) is 0. The summed E-state index contributed by atoms with van der Waals surface area (Å²) in [6.45, 7) is 2.02. The number of nitrogens with one attached hydrogen (secondary N) is 1. The molecule has 0 bridgehead atoms. The van der Waals surface area contributed by atoms with E-state index in [1.54, 1.807) is 11.5 Å². The van der Waals surface area contributed by atoms with E-state index < -0.39 is 19.2 Å². The van der Waals surface area contributed by atoms with Crippen molar-refractivity contribution in [2.75, 3.05) is 12.1 Å². The van der Waals surface area contributed by atoms with Crippen LogP contribution in [0.5, 0.6) is 0 Å². The summed E-state index contributed by atoms with van der Waals surface area (Å²) < 4.78 is 20.3. The number of rotatable bonds is 6. The highest BCUT2D eigenvalue weighted by atomic mass is 31.2. The second kappa shape index (κ2) is 6.19. The molecule has 0 aromatic carbocycles. The summed E-state index contributed by atoms with van der Waals surface area (Å²) >= 11 is 0. The molecule has 3 aromatic heterocycles. The maximum Gasteiger partial charge on any atom is 0.323 e. The number of hydrogen-bond donors (Lipinski definition) is 3. The molecule has 0 saturated carbocycles. The van der Waals surface area contributed by atoms with Gasteiger partial charge in [-0.05, 0) is 6.92 Å². The number of hydrogen-bond acceptors (Lipinski definition) is 7. The molecule has 3 rings (SSSR count). The summed E-state index contributed by atoms with van der Waals surface area (Å²) in [4.78, 5) is 35.8. The zero-order valence-corrected chi connectivity index (χ0v) is 13.6. The van der Waals surface area contributed by atoms with Gasteiger partial charge in [-0.2, -0.15) is 4.98 Å². The van der Waals surface area contributed by atoms with E-state index in [9.17, 15) is 14.3 Å². The fourth-order valence-corrected chi connectivity index (χ4v) is 3.23. The van der Waals surface area contributed by atoms with Gasteiger partial charge in [-0.1, -0.05) is 0 Å². The fraction of sp³-hybridized carbons (Fsp3) is 0.333. The number of nitrogen functional groups attached to an aromatic ring is 1. The molecule has 24 heavy (non-hydrogen) atoms. The second-order valence-electron chi connectivity index (χ2n) is 5.23. The Hall–Kier alpha value is -2.49. The number of ether oxygens (including phenoxy) is 1. The van der Waals surface area contributed by atoms with Crippen molar-refractivity contribution < 1.29 is 14.2 Å². The number of aromatic amines is 1. The van der Waals surface area contributed by atoms with Gasteiger partial charge in [-0.3, -0.25) is 18.7 Å². The van der Waals surface area contributed by atoms with Crippen LogP contribution in [-0.2, 0) is 15.8 Å². The summed E-state index contributed by atoms with van der Waals surface area (Å²) in [5.41, 5.74) is 5.61. The minimum atomic E-state index is -3.69. The third-order valence-corrected chi connectivity index (χ3v) is 4.77. The number of imidazole rings is 2. The van der Waals surface area contributed by atoms with Crippen molar-refractivity contribution in [1.29, 1.82) is 0 Å². The Morgan fingerprint density at radius 3 is 3.00 bits per heavy atom. The molecule has 1 unspecified atom stereocenters. The van der Waals surface area contributed by atoms with Gasteiger partial charge < -0.3 is 19.9 Å². The van der Waals surface area contributed by atoms with E-state index in [1.165, 1.54) is 25.0 Å². The van der Waals surface area contributed by atoms with Crippen LogP contribution in [0.2, 0.25) is 0 Å². The monoisotopic (exact) mass is 353 g/mol. The summed E-state index contributed by atoms with van der Waals surface area (Å²) in [5.74, 6) is -0.0113. The molecule has 4 N–H and O–H groups in total. The maximum absolute atomic E-state index is 12.1. The van der Waals surface area contributed by atoms with Gasteiger partial charge >= 0.3 is 7.52 Å². The van der Waals surface area contributed by atoms with Crippen LogP contribution in [0.3, 0.4) is 0 Å². The van der Waals surface area contributed by atoms with Crippen LogP contribution in [0.4, 0.5) is 5.95 Å². The first-order valence-corrected chi connectivity index (χ1v) is 8.79. The third-order valence-electron chi connectivity index (χ3n) is 3.33. The molecule has 0 aliphatic rings. The van der Waals surface area contributed by atoms with Crippen LogP contribution in [-0.4, -0.2) is 46.2 Å². The predicted molar refractivity (Wildman–Crippen MR) is 85.4 cm³/mol. The smallest absolute Gasteiger partial charge is 0.323 e. The van der Waals surface area contributed by atoms with Gasteiger partial charge in [-0.25, -0.2) is 9.97 Å². The van der Waals surface area contributed by atoms with Gasteiger partial charge in [0.2, 0.25) is 5.95 Å². The number of fused-ring (bicyclic) bond motifs is 1. The summed E-state index contributed by atoms with van der Waals surface area (Å²) in [6, 6.07) is 0. The molecule has 11 nitrogen and oxygen atoms in total. The zero-order valence-electron chi connectivity index (χ0n) is 12.7. The molecule has 128 valence electrons. The van der Waals surface area contributed by atoms with Crippen molar-refractivity contribution in [3.8, 4) is 0 Å². The molecule has 12 heteroatoms. The number of nitrogens with two attached hydrogens (primary N) is 1. The number of anilines is 1. The van der Waals surface area contributed by atoms with Gasteiger partial charge in [0, 0.05) is 12.4 Å². The Kier molecular flexibility index (Phi) is 4.22. The van der Waals surface area contributed by atoms with E-state index in [2.05, 4.69) is 19.9 Å². The van der Waals surface area contributed by atoms with Crippen molar-refractivity contribution in [1.82, 2.24) is 28.8 Å². The van der Waals surface area contributed by atoms with Gasteiger partial charge in [0.25, 0.3) is 5.56 Å². The largest absolute Gasteiger partial charge is 0.369 e. The molecule has 0 saturated heterocycles. The van der Waals surface area contributed by atoms with Crippen molar-refractivity contribution in [3.63, 3.8) is 0 Å². The van der Waals surface area contributed by atoms with E-state index in [-0.39, 0.29) is 24.4 Å². The zero-order chi connectivity index (χ0) is 17.3. The molecule has 0 amide bonds. The van der Waals surface area contributed by atoms with Crippen LogP contribution in [0, 0.1) is 0 Å². The molecule has 0 radical (unpaired) electrons. The molecule has 0 aliphatic carbocycles. The summed E-state index contributed by atoms with van der Waals surface area (Å²) in [6.07, 6.45) is 4.73. The minimum Gasteiger partial charge on any atom is -0.369 e. The molecule has 0 fully saturated rings. The van der Waals surface area contributed by atoms with E-state index >= 15 is 0 Å². The highest BCUT2D eigenvalue weighted by molar-refractivity contribution is 7.56. The van der Waals surface area contributed by atoms with Crippen LogP contribution < -0.4 is 11.3 Å². The van der Waals surface area contributed by atoms with Crippen LogP contribution >= 0.6 is 7.52 Å². The van der Waals surface area contributed by atoms with Crippen LogP contribution in [0.1, 0.15) is 6.92 Å². The molecular formula is C12H16N7O4P. The Labute approximate surface area is 135 Å². The normalized spacial score (nSPS) is 15.4. The number of aromatic nitrogens is 6. The Bertz CT molecular complexity index is 948. The maximum atomic E-state index is 12.1. The van der Waals surface area contributed by atoms with Crippen LogP contribution in [0.15, 0.2) is 29.8 Å². The Morgan fingerprint density at radius 2 is 2.29 bits per heavy atom. The lowest BCUT2D eigenvalue weighted by Gasteiger charge is -2.17. The molecular weight excluding hydrogens is 337 g/mol. The molecule has 3 heterocycles. The second-order valence-corrected chi connectivity index (χ2v) is 7.28. The van der Waals surface area contributed by atoms with E-state index in [0.717, 1.165) is 4.34 Å². The predicted octanol–water partition coefficient (Wildman–Crippen LogP) is -0.00540. The first-order valence-electron chi connectivity index (χ1n) is 6.99. The molecule has 0 spiro atoms. The van der Waals surface area contributed by atoms with Crippen molar-refractivity contribution in [2.24, 2.45) is 0 Å². The Balaban J connectivity index is 1.71. The third kappa shape index (κ3) is 3.23. The van der Waals surface area contributed by atoms with Gasteiger partial charge in [0.1, 0.15) is 12.7 Å². The van der Waals surface area contributed by atoms with Crippen molar-refractivity contribution >= 4 is 24.6 Å². The SMILES string of the molecule is C[C@H](Cn1cnc2c(=O)[nH]c(N)nc21)OCP(=O)(O)n1ccnc1. The Morgan fingerprint density at radius 1 is 1.50 bits per heavy atom. The topological polar surface area (TPSA) is 154 Å². The van der Waals surface area contributed by atoms with Crippen molar-refractivity contribution in [2.45, 2.75) is 19.6 Å². The molecule has 3 aromatic rings. The van der Waals surface area contributed by atoms with Crippen LogP contribution in [0.25, 0.3) is 11.2 Å². The summed E-state index contributed by atoms with van der Waals surface area (Å²) in [7, 11) is -3.69. The highest BCUT2D eigenvalue weighted by Crippen LogP contribution is 2.41. The van der Waals surface area contributed by atoms with E-state index in [1.807, 2.05) is 0 Å². The molecule has 0 aliphatic heterocycles. The first kappa shape index (κ1) is 16.4. The number of H-pyrrole nitrogens is 1. The molecule has 2 atom stereocenters. The van der Waals surface area contributed by atoms with Gasteiger partial charge in [0.15, 0.2) is 11.2 Å². The first-order chi connectivity index (χ1) is 11.4. The lowest BCUT2D eigenvalue weighted by Crippen LogP contribution is -2.19. The lowest BCUT2D eigenvalue weighted by atomic mass is 10.4.